The average Bonchev–Trinajstić information content (AvgIpc) is 3.66. The first-order valence-electron chi connectivity index (χ1n) is 11.7. The molecule has 1 aliphatic carbocycles. The van der Waals surface area contributed by atoms with Crippen molar-refractivity contribution in [2.75, 3.05) is 5.75 Å². The van der Waals surface area contributed by atoms with Gasteiger partial charge in [0, 0.05) is 43.8 Å². The van der Waals surface area contributed by atoms with Crippen LogP contribution < -0.4 is 0 Å². The topological polar surface area (TPSA) is 74.7 Å². The molecule has 5 nitrogen and oxygen atoms in total. The van der Waals surface area contributed by atoms with E-state index in [-0.39, 0.29) is 29.7 Å². The maximum absolute atomic E-state index is 13.2. The third-order valence-corrected chi connectivity index (χ3v) is 8.69. The molecule has 2 fully saturated rings. The summed E-state index contributed by atoms with van der Waals surface area (Å²) in [6.45, 7) is 2.00. The standard InChI is InChI=1S/C20H26ClNO4S.C6H5Cl/c1-2-16(12-27(26)17-8-9-17)22-18(13-3-6-15(21)7-4-13)10-5-14(20(22)25)11-19(23)24;7-6-4-2-1-3-5-6/h3-4,6-7,14,16-18H,2,5,8-12H2,1H3,(H,23,24);1-5H/t14-,16+,18?,27?;/m1./s1. The SMILES string of the molecule is CC[C@@H](CS(=O)C1CC1)N1C(=O)[C@@H](CC(=O)O)CCC1c1ccc(Cl)cc1.Clc1ccccc1. The molecule has 4 atom stereocenters. The van der Waals surface area contributed by atoms with Gasteiger partial charge in [-0.1, -0.05) is 60.5 Å². The summed E-state index contributed by atoms with van der Waals surface area (Å²) in [7, 11) is -0.935. The number of hydrogen-bond acceptors (Lipinski definition) is 3. The summed E-state index contributed by atoms with van der Waals surface area (Å²) in [5.41, 5.74) is 0.997. The van der Waals surface area contributed by atoms with Crippen LogP contribution in [0.1, 0.15) is 57.1 Å². The van der Waals surface area contributed by atoms with Crippen molar-refractivity contribution in [3.8, 4) is 0 Å². The van der Waals surface area contributed by atoms with E-state index in [4.69, 9.17) is 23.2 Å². The number of piperidine rings is 1. The summed E-state index contributed by atoms with van der Waals surface area (Å²) in [5, 5.41) is 10.9. The number of amides is 1. The van der Waals surface area contributed by atoms with Crippen LogP contribution in [0.25, 0.3) is 0 Å². The fourth-order valence-electron chi connectivity index (χ4n) is 4.30. The number of carboxylic acids is 1. The van der Waals surface area contributed by atoms with Crippen LogP contribution in [0.15, 0.2) is 54.6 Å². The van der Waals surface area contributed by atoms with E-state index in [1.165, 1.54) is 0 Å². The van der Waals surface area contributed by atoms with Crippen molar-refractivity contribution in [2.45, 2.75) is 62.8 Å². The summed E-state index contributed by atoms with van der Waals surface area (Å²) in [6.07, 6.45) is 3.81. The third-order valence-electron chi connectivity index (χ3n) is 6.25. The Morgan fingerprint density at radius 2 is 1.65 bits per heavy atom. The summed E-state index contributed by atoms with van der Waals surface area (Å²) in [6, 6.07) is 16.7. The Balaban J connectivity index is 0.000000396. The van der Waals surface area contributed by atoms with Gasteiger partial charge in [0.2, 0.25) is 5.91 Å². The molecular formula is C26H31Cl2NO4S. The van der Waals surface area contributed by atoms with Crippen molar-refractivity contribution in [1.29, 1.82) is 0 Å². The Hall–Kier alpha value is -1.89. The van der Waals surface area contributed by atoms with Gasteiger partial charge in [-0.3, -0.25) is 13.8 Å². The number of carbonyl (C=O) groups is 2. The van der Waals surface area contributed by atoms with Gasteiger partial charge in [-0.2, -0.15) is 0 Å². The fraction of sp³-hybridized carbons (Fsp3) is 0.462. The first-order chi connectivity index (χ1) is 16.3. The average molecular weight is 525 g/mol. The molecule has 0 aromatic heterocycles. The molecule has 2 aromatic carbocycles. The molecule has 1 N–H and O–H groups in total. The van der Waals surface area contributed by atoms with Gasteiger partial charge in [-0.15, -0.1) is 0 Å². The smallest absolute Gasteiger partial charge is 0.304 e. The number of carboxylic acid groups (broad SMARTS) is 1. The molecule has 8 heteroatoms. The Bertz CT molecular complexity index is 982. The highest BCUT2D eigenvalue weighted by atomic mass is 35.5. The molecule has 2 aromatic rings. The van der Waals surface area contributed by atoms with Crippen LogP contribution in [0, 0.1) is 5.92 Å². The van der Waals surface area contributed by atoms with Crippen molar-refractivity contribution < 1.29 is 18.9 Å². The predicted molar refractivity (Wildman–Crippen MR) is 138 cm³/mol. The molecule has 184 valence electrons. The zero-order chi connectivity index (χ0) is 24.7. The number of hydrogen-bond donors (Lipinski definition) is 1. The van der Waals surface area contributed by atoms with Crippen LogP contribution >= 0.6 is 23.2 Å². The number of likely N-dealkylation sites (tertiary alicyclic amines) is 1. The van der Waals surface area contributed by atoms with Gasteiger partial charge >= 0.3 is 5.97 Å². The number of halogens is 2. The molecule has 1 saturated carbocycles. The molecule has 4 rings (SSSR count). The predicted octanol–water partition coefficient (Wildman–Crippen LogP) is 6.12. The van der Waals surface area contributed by atoms with Crippen LogP contribution in [0.3, 0.4) is 0 Å². The highest BCUT2D eigenvalue weighted by Crippen LogP contribution is 2.39. The van der Waals surface area contributed by atoms with Crippen LogP contribution in [0.2, 0.25) is 10.0 Å². The molecule has 1 saturated heterocycles. The first-order valence-corrected chi connectivity index (χ1v) is 13.8. The number of benzene rings is 2. The third kappa shape index (κ3) is 7.56. The maximum Gasteiger partial charge on any atom is 0.304 e. The molecule has 2 aliphatic rings. The summed E-state index contributed by atoms with van der Waals surface area (Å²) in [5.74, 6) is -1.11. The minimum absolute atomic E-state index is 0.122. The maximum atomic E-state index is 13.2. The van der Waals surface area contributed by atoms with E-state index in [1.54, 1.807) is 0 Å². The van der Waals surface area contributed by atoms with Crippen LogP contribution in [0.5, 0.6) is 0 Å². The van der Waals surface area contributed by atoms with Gasteiger partial charge in [-0.05, 0) is 61.9 Å². The lowest BCUT2D eigenvalue weighted by atomic mass is 9.85. The van der Waals surface area contributed by atoms with Crippen LogP contribution in [-0.4, -0.2) is 43.1 Å². The van der Waals surface area contributed by atoms with E-state index in [1.807, 2.05) is 66.4 Å². The van der Waals surface area contributed by atoms with Crippen LogP contribution in [-0.2, 0) is 20.4 Å². The highest BCUT2D eigenvalue weighted by molar-refractivity contribution is 7.86. The fourth-order valence-corrected chi connectivity index (χ4v) is 6.28. The highest BCUT2D eigenvalue weighted by Gasteiger charge is 2.41. The summed E-state index contributed by atoms with van der Waals surface area (Å²) < 4.78 is 12.5. The number of rotatable bonds is 8. The lowest BCUT2D eigenvalue weighted by molar-refractivity contribution is -0.150. The number of aliphatic carboxylic acids is 1. The van der Waals surface area contributed by atoms with Crippen molar-refractivity contribution in [3.63, 3.8) is 0 Å². The molecule has 0 bridgehead atoms. The molecule has 1 amide bonds. The van der Waals surface area contributed by atoms with Gasteiger partial charge in [0.1, 0.15) is 0 Å². The van der Waals surface area contributed by atoms with Crippen molar-refractivity contribution in [2.24, 2.45) is 5.92 Å². The van der Waals surface area contributed by atoms with Crippen molar-refractivity contribution in [3.05, 3.63) is 70.2 Å². The largest absolute Gasteiger partial charge is 0.481 e. The van der Waals surface area contributed by atoms with E-state index in [9.17, 15) is 18.9 Å². The van der Waals surface area contributed by atoms with Gasteiger partial charge in [0.05, 0.1) is 12.5 Å². The van der Waals surface area contributed by atoms with E-state index >= 15 is 0 Å². The minimum atomic E-state index is -0.951. The molecule has 1 heterocycles. The summed E-state index contributed by atoms with van der Waals surface area (Å²) in [4.78, 5) is 26.2. The zero-order valence-corrected chi connectivity index (χ0v) is 21.6. The number of nitrogens with zero attached hydrogens (tertiary/aromatic N) is 1. The quantitative estimate of drug-likeness (QED) is 0.451. The minimum Gasteiger partial charge on any atom is -0.481 e. The van der Waals surface area contributed by atoms with Gasteiger partial charge in [-0.25, -0.2) is 0 Å². The van der Waals surface area contributed by atoms with Crippen molar-refractivity contribution >= 4 is 45.9 Å². The van der Waals surface area contributed by atoms with Crippen LogP contribution in [0.4, 0.5) is 0 Å². The normalized spacial score (nSPS) is 21.9. The number of carbonyl (C=O) groups excluding carboxylic acids is 1. The van der Waals surface area contributed by atoms with E-state index in [0.29, 0.717) is 30.0 Å². The second-order valence-corrected chi connectivity index (χ2v) is 11.4. The Labute approximate surface area is 213 Å². The lowest BCUT2D eigenvalue weighted by Crippen LogP contribution is -2.51. The Kier molecular flexibility index (Phi) is 9.98. The Morgan fingerprint density at radius 1 is 1.03 bits per heavy atom. The van der Waals surface area contributed by atoms with Gasteiger partial charge < -0.3 is 10.0 Å². The lowest BCUT2D eigenvalue weighted by Gasteiger charge is -2.44. The second kappa shape index (κ2) is 12.7. The molecular weight excluding hydrogens is 493 g/mol. The van der Waals surface area contributed by atoms with Crippen molar-refractivity contribution in [1.82, 2.24) is 4.90 Å². The zero-order valence-electron chi connectivity index (χ0n) is 19.2. The van der Waals surface area contributed by atoms with Gasteiger partial charge in [0.15, 0.2) is 0 Å². The Morgan fingerprint density at radius 3 is 2.15 bits per heavy atom. The molecule has 1 aliphatic heterocycles. The van der Waals surface area contributed by atoms with E-state index in [0.717, 1.165) is 23.4 Å². The monoisotopic (exact) mass is 523 g/mol. The molecule has 0 radical (unpaired) electrons. The van der Waals surface area contributed by atoms with Gasteiger partial charge in [0.25, 0.3) is 0 Å². The first kappa shape index (κ1) is 26.7. The van der Waals surface area contributed by atoms with E-state index < -0.39 is 22.7 Å². The molecule has 34 heavy (non-hydrogen) atoms. The second-order valence-electron chi connectivity index (χ2n) is 8.79. The summed E-state index contributed by atoms with van der Waals surface area (Å²) >= 11 is 11.6. The molecule has 2 unspecified atom stereocenters. The molecule has 0 spiro atoms. The van der Waals surface area contributed by atoms with E-state index in [2.05, 4.69) is 0 Å².